The molecule has 2 aromatic carbocycles. The summed E-state index contributed by atoms with van der Waals surface area (Å²) in [6.45, 7) is 0. The summed E-state index contributed by atoms with van der Waals surface area (Å²) in [5, 5.41) is 0. The van der Waals surface area contributed by atoms with Crippen LogP contribution in [0.5, 0.6) is 23.0 Å². The molecular formula is C12Br8O4Te. The molecule has 0 fully saturated rings. The third-order valence-corrected chi connectivity index (χ3v) is 16.7. The summed E-state index contributed by atoms with van der Waals surface area (Å²) in [6.07, 6.45) is 0. The fourth-order valence-corrected chi connectivity index (χ4v) is 12.5. The normalized spacial score (nSPS) is 17.3. The first kappa shape index (κ1) is 20.5. The van der Waals surface area contributed by atoms with E-state index >= 15 is 0 Å². The van der Waals surface area contributed by atoms with Crippen LogP contribution in [0.25, 0.3) is 0 Å². The monoisotopic (exact) mass is 969 g/mol. The Morgan fingerprint density at radius 3 is 0.760 bits per heavy atom. The van der Waals surface area contributed by atoms with Crippen LogP contribution >= 0.6 is 127 Å². The molecule has 2 aliphatic heterocycles. The first-order chi connectivity index (χ1) is 11.7. The third-order valence-electron chi connectivity index (χ3n) is 3.11. The van der Waals surface area contributed by atoms with Gasteiger partial charge in [-0.15, -0.1) is 0 Å². The first-order valence-corrected chi connectivity index (χ1v) is 16.1. The zero-order valence-corrected chi connectivity index (χ0v) is 26.1. The van der Waals surface area contributed by atoms with Crippen molar-refractivity contribution in [2.45, 2.75) is 0 Å². The van der Waals surface area contributed by atoms with Crippen molar-refractivity contribution < 1.29 is 12.4 Å². The summed E-state index contributed by atoms with van der Waals surface area (Å²) >= 11 is 23.9. The van der Waals surface area contributed by atoms with Gasteiger partial charge in [0.1, 0.15) is 0 Å². The van der Waals surface area contributed by atoms with E-state index < -0.39 is 19.8 Å². The number of hydrogen-bond donors (Lipinski definition) is 0. The summed E-state index contributed by atoms with van der Waals surface area (Å²) < 4.78 is 30.4. The molecule has 1 spiro atoms. The van der Waals surface area contributed by atoms with Crippen LogP contribution in [0, 0.1) is 0 Å². The maximum atomic E-state index is 6.10. The molecule has 4 rings (SSSR count). The van der Waals surface area contributed by atoms with Gasteiger partial charge in [0, 0.05) is 0 Å². The molecule has 0 N–H and O–H groups in total. The van der Waals surface area contributed by atoms with Crippen LogP contribution in [0.2, 0.25) is 0 Å². The standard InChI is InChI=1S/C12Br8O4Te/c13-1-2(14)6(18)10-9(5(1)17)21-25(22-10)23-11-7(19)3(15)4(16)8(20)12(11)24-25. The molecule has 0 amide bonds. The van der Waals surface area contributed by atoms with E-state index in [1.165, 1.54) is 0 Å². The zero-order chi connectivity index (χ0) is 18.3. The van der Waals surface area contributed by atoms with E-state index in [4.69, 9.17) is 12.4 Å². The van der Waals surface area contributed by atoms with Gasteiger partial charge < -0.3 is 0 Å². The van der Waals surface area contributed by atoms with Crippen molar-refractivity contribution in [1.82, 2.24) is 0 Å². The third kappa shape index (κ3) is 3.13. The van der Waals surface area contributed by atoms with Gasteiger partial charge in [-0.2, -0.15) is 0 Å². The number of halogens is 8. The Balaban J connectivity index is 1.83. The minimum absolute atomic E-state index is 0.529. The first-order valence-electron chi connectivity index (χ1n) is 6.00. The van der Waals surface area contributed by atoms with Gasteiger partial charge in [0.15, 0.2) is 0 Å². The van der Waals surface area contributed by atoms with Crippen LogP contribution in [0.15, 0.2) is 35.8 Å². The van der Waals surface area contributed by atoms with Crippen molar-refractivity contribution >= 4 is 147 Å². The van der Waals surface area contributed by atoms with Gasteiger partial charge in [0.25, 0.3) is 0 Å². The second-order valence-electron chi connectivity index (χ2n) is 4.57. The van der Waals surface area contributed by atoms with Crippen molar-refractivity contribution in [3.05, 3.63) is 35.8 Å². The van der Waals surface area contributed by atoms with Crippen molar-refractivity contribution in [2.75, 3.05) is 0 Å². The average molecular weight is 975 g/mol. The van der Waals surface area contributed by atoms with E-state index in [9.17, 15) is 0 Å². The van der Waals surface area contributed by atoms with Crippen molar-refractivity contribution in [3.8, 4) is 23.0 Å². The molecule has 25 heavy (non-hydrogen) atoms. The Hall–Kier alpha value is 2.27. The van der Waals surface area contributed by atoms with E-state index in [-0.39, 0.29) is 0 Å². The van der Waals surface area contributed by atoms with Crippen LogP contribution in [-0.4, -0.2) is 19.8 Å². The van der Waals surface area contributed by atoms with E-state index in [2.05, 4.69) is 127 Å². The second-order valence-corrected chi connectivity index (χ2v) is 15.1. The Kier molecular flexibility index (Phi) is 5.91. The summed E-state index contributed by atoms with van der Waals surface area (Å²) in [5.74, 6) is 2.12. The second kappa shape index (κ2) is 7.20. The van der Waals surface area contributed by atoms with Crippen LogP contribution in [-0.2, 0) is 0 Å². The number of benzene rings is 2. The van der Waals surface area contributed by atoms with Crippen molar-refractivity contribution in [1.29, 1.82) is 0 Å². The van der Waals surface area contributed by atoms with E-state index in [1.807, 2.05) is 0 Å². The van der Waals surface area contributed by atoms with E-state index in [1.54, 1.807) is 0 Å². The molecule has 0 radical (unpaired) electrons. The van der Waals surface area contributed by atoms with Gasteiger partial charge in [-0.1, -0.05) is 0 Å². The minimum atomic E-state index is -4.14. The van der Waals surface area contributed by atoms with Crippen LogP contribution in [0.3, 0.4) is 0 Å². The summed E-state index contributed by atoms with van der Waals surface area (Å²) in [6, 6.07) is 0. The molecule has 134 valence electrons. The average Bonchev–Trinajstić information content (AvgIpc) is 3.16. The Labute approximate surface area is 215 Å². The van der Waals surface area contributed by atoms with Crippen LogP contribution in [0.4, 0.5) is 0 Å². The molecule has 2 aromatic rings. The molecule has 0 bridgehead atoms. The number of fused-ring (bicyclic) bond motifs is 2. The van der Waals surface area contributed by atoms with Gasteiger partial charge in [-0.25, -0.2) is 0 Å². The van der Waals surface area contributed by atoms with Gasteiger partial charge in [-0.3, -0.25) is 0 Å². The molecule has 0 aliphatic carbocycles. The van der Waals surface area contributed by atoms with Crippen molar-refractivity contribution in [2.24, 2.45) is 0 Å². The Bertz CT molecular complexity index is 811. The van der Waals surface area contributed by atoms with E-state index in [0.29, 0.717) is 40.9 Å². The molecule has 13 heteroatoms. The molecule has 0 unspecified atom stereocenters. The Morgan fingerprint density at radius 2 is 0.560 bits per heavy atom. The molecular weight excluding hydrogens is 975 g/mol. The predicted molar refractivity (Wildman–Crippen MR) is 123 cm³/mol. The predicted octanol–water partition coefficient (Wildman–Crippen LogP) is 8.46. The zero-order valence-electron chi connectivity index (χ0n) is 11.1. The fourth-order valence-electron chi connectivity index (χ4n) is 1.99. The van der Waals surface area contributed by atoms with Gasteiger partial charge in [0.2, 0.25) is 0 Å². The molecule has 0 saturated heterocycles. The number of hydrogen-bond acceptors (Lipinski definition) is 4. The van der Waals surface area contributed by atoms with Gasteiger partial charge in [0.05, 0.1) is 0 Å². The van der Waals surface area contributed by atoms with Gasteiger partial charge in [-0.05, 0) is 0 Å². The summed E-state index contributed by atoms with van der Waals surface area (Å²) in [5.41, 5.74) is 0. The van der Waals surface area contributed by atoms with Crippen LogP contribution < -0.4 is 12.4 Å². The molecule has 2 heterocycles. The molecule has 0 aromatic heterocycles. The molecule has 0 atom stereocenters. The molecule has 4 nitrogen and oxygen atoms in total. The molecule has 2 aliphatic rings. The maximum absolute atomic E-state index is 6.10. The van der Waals surface area contributed by atoms with Gasteiger partial charge >= 0.3 is 218 Å². The SMILES string of the molecule is Brc1c(Br)c(Br)c2c(c1Br)O[Te]1(O2)Oc2c(Br)c(Br)c(Br)c(Br)c2O1. The van der Waals surface area contributed by atoms with Crippen molar-refractivity contribution in [3.63, 3.8) is 0 Å². The Morgan fingerprint density at radius 1 is 0.360 bits per heavy atom. The quantitative estimate of drug-likeness (QED) is 0.151. The summed E-state index contributed by atoms with van der Waals surface area (Å²) in [4.78, 5) is 0. The van der Waals surface area contributed by atoms with Crippen LogP contribution in [0.1, 0.15) is 0 Å². The van der Waals surface area contributed by atoms with E-state index in [0.717, 1.165) is 17.9 Å². The topological polar surface area (TPSA) is 36.9 Å². The fraction of sp³-hybridized carbons (Fsp3) is 0. The number of rotatable bonds is 0. The summed E-state index contributed by atoms with van der Waals surface area (Å²) in [7, 11) is 0. The molecule has 0 saturated carbocycles.